The van der Waals surface area contributed by atoms with Crippen LogP contribution in [-0.2, 0) is 23.3 Å². The van der Waals surface area contributed by atoms with Gasteiger partial charge in [-0.05, 0) is 17.7 Å². The molecule has 0 saturated carbocycles. The molecule has 130 valence electrons. The van der Waals surface area contributed by atoms with Crippen molar-refractivity contribution < 1.29 is 9.26 Å². The second-order valence-corrected chi connectivity index (χ2v) is 7.53. The molecule has 4 rings (SSSR count). The van der Waals surface area contributed by atoms with E-state index in [1.54, 1.807) is 0 Å². The number of fused-ring (bicyclic) bond motifs is 1. The van der Waals surface area contributed by atoms with Gasteiger partial charge in [0.1, 0.15) is 6.10 Å². The Morgan fingerprint density at radius 3 is 2.64 bits per heavy atom. The Labute approximate surface area is 149 Å². The number of nitrogens with zero attached hydrogens (tertiary/aromatic N) is 5. The smallest absolute Gasteiger partial charge is 0.280 e. The zero-order chi connectivity index (χ0) is 17.6. The van der Waals surface area contributed by atoms with Crippen molar-refractivity contribution in [2.24, 2.45) is 0 Å². The van der Waals surface area contributed by atoms with Crippen LogP contribution in [0.25, 0.3) is 11.6 Å². The van der Waals surface area contributed by atoms with Crippen LogP contribution in [0.4, 0.5) is 0 Å². The molecule has 1 aliphatic rings. The van der Waals surface area contributed by atoms with Crippen LogP contribution in [0, 0.1) is 0 Å². The van der Waals surface area contributed by atoms with Gasteiger partial charge < -0.3 is 9.26 Å². The fraction of sp³-hybridized carbons (Fsp3) is 0.412. The average molecular weight is 360 g/mol. The molecule has 3 heterocycles. The van der Waals surface area contributed by atoms with Gasteiger partial charge in [-0.15, -0.1) is 5.10 Å². The normalized spacial score (nSPS) is 17.5. The molecule has 0 spiro atoms. The zero-order valence-corrected chi connectivity index (χ0v) is 15.0. The lowest BCUT2D eigenvalue weighted by Crippen LogP contribution is -2.22. The van der Waals surface area contributed by atoms with Gasteiger partial charge >= 0.3 is 0 Å². The summed E-state index contributed by atoms with van der Waals surface area (Å²) in [6, 6.07) is 7.64. The van der Waals surface area contributed by atoms with Gasteiger partial charge in [0.25, 0.3) is 5.89 Å². The minimum atomic E-state index is -0.189. The maximum atomic E-state index is 5.99. The standard InChI is InChI=1S/C17H18ClN5O2/c1-17(2,3)16-19-15(25-21-16)14-12-9-24-13(8-23(12)22-20-14)10-4-6-11(18)7-5-10/h4-7,13H,8-9H2,1-3H3/t13-/m1/s1. The summed E-state index contributed by atoms with van der Waals surface area (Å²) in [6.45, 7) is 7.04. The topological polar surface area (TPSA) is 78.9 Å². The van der Waals surface area contributed by atoms with Crippen molar-refractivity contribution in [1.29, 1.82) is 0 Å². The van der Waals surface area contributed by atoms with Gasteiger partial charge in [0.05, 0.1) is 18.8 Å². The molecule has 0 unspecified atom stereocenters. The molecule has 0 fully saturated rings. The summed E-state index contributed by atoms with van der Waals surface area (Å²) < 4.78 is 13.2. The van der Waals surface area contributed by atoms with Gasteiger partial charge in [-0.2, -0.15) is 4.98 Å². The minimum Gasteiger partial charge on any atom is -0.365 e. The molecule has 1 aromatic carbocycles. The molecule has 0 radical (unpaired) electrons. The van der Waals surface area contributed by atoms with Gasteiger partial charge in [0.15, 0.2) is 11.5 Å². The monoisotopic (exact) mass is 359 g/mol. The van der Waals surface area contributed by atoms with E-state index in [0.29, 0.717) is 35.6 Å². The first-order valence-electron chi connectivity index (χ1n) is 8.06. The lowest BCUT2D eigenvalue weighted by molar-refractivity contribution is -0.00117. The van der Waals surface area contributed by atoms with Crippen LogP contribution < -0.4 is 0 Å². The number of hydrogen-bond donors (Lipinski definition) is 0. The summed E-state index contributed by atoms with van der Waals surface area (Å²) in [6.07, 6.45) is -0.0906. The SMILES string of the molecule is CC(C)(C)c1noc(-c2nnn3c2CO[C@@H](c2ccc(Cl)cc2)C3)n1. The first-order chi connectivity index (χ1) is 11.9. The van der Waals surface area contributed by atoms with Crippen molar-refractivity contribution in [2.75, 3.05) is 0 Å². The average Bonchev–Trinajstić information content (AvgIpc) is 3.21. The zero-order valence-electron chi connectivity index (χ0n) is 14.2. The quantitative estimate of drug-likeness (QED) is 0.696. The number of hydrogen-bond acceptors (Lipinski definition) is 6. The van der Waals surface area contributed by atoms with Crippen molar-refractivity contribution in [2.45, 2.75) is 45.4 Å². The maximum absolute atomic E-state index is 5.99. The highest BCUT2D eigenvalue weighted by atomic mass is 35.5. The Balaban J connectivity index is 1.60. The van der Waals surface area contributed by atoms with Gasteiger partial charge in [-0.3, -0.25) is 0 Å². The Bertz CT molecular complexity index is 895. The van der Waals surface area contributed by atoms with E-state index >= 15 is 0 Å². The fourth-order valence-electron chi connectivity index (χ4n) is 2.68. The molecule has 1 atom stereocenters. The summed E-state index contributed by atoms with van der Waals surface area (Å²) in [4.78, 5) is 4.46. The van der Waals surface area contributed by atoms with Crippen LogP contribution in [0.2, 0.25) is 5.02 Å². The van der Waals surface area contributed by atoms with Crippen LogP contribution >= 0.6 is 11.6 Å². The molecule has 25 heavy (non-hydrogen) atoms. The molecular formula is C17H18ClN5O2. The van der Waals surface area contributed by atoms with E-state index in [-0.39, 0.29) is 11.5 Å². The highest BCUT2D eigenvalue weighted by molar-refractivity contribution is 6.30. The van der Waals surface area contributed by atoms with Crippen molar-refractivity contribution >= 4 is 11.6 Å². The second kappa shape index (κ2) is 5.93. The van der Waals surface area contributed by atoms with E-state index in [0.717, 1.165) is 11.3 Å². The third-order valence-electron chi connectivity index (χ3n) is 4.14. The Hall–Kier alpha value is -2.25. The van der Waals surface area contributed by atoms with Crippen molar-refractivity contribution in [1.82, 2.24) is 25.1 Å². The van der Waals surface area contributed by atoms with Crippen molar-refractivity contribution in [3.8, 4) is 11.6 Å². The second-order valence-electron chi connectivity index (χ2n) is 7.09. The Kier molecular flexibility index (Phi) is 3.85. The summed E-state index contributed by atoms with van der Waals surface area (Å²) in [5.41, 5.74) is 2.29. The minimum absolute atomic E-state index is 0.0906. The number of aromatic nitrogens is 5. The van der Waals surface area contributed by atoms with E-state index < -0.39 is 0 Å². The van der Waals surface area contributed by atoms with Crippen LogP contribution in [0.15, 0.2) is 28.8 Å². The van der Waals surface area contributed by atoms with Crippen LogP contribution in [-0.4, -0.2) is 25.1 Å². The third kappa shape index (κ3) is 3.05. The van der Waals surface area contributed by atoms with Crippen molar-refractivity contribution in [3.05, 3.63) is 46.4 Å². The number of halogens is 1. The van der Waals surface area contributed by atoms with Gasteiger partial charge in [0, 0.05) is 10.4 Å². The molecule has 1 aliphatic heterocycles. The Morgan fingerprint density at radius 2 is 1.96 bits per heavy atom. The third-order valence-corrected chi connectivity index (χ3v) is 4.39. The number of benzene rings is 1. The maximum Gasteiger partial charge on any atom is 0.280 e. The molecule has 0 saturated heterocycles. The molecule has 0 bridgehead atoms. The summed E-state index contributed by atoms with van der Waals surface area (Å²) >= 11 is 5.95. The number of rotatable bonds is 2. The first kappa shape index (κ1) is 16.2. The molecule has 2 aromatic heterocycles. The largest absolute Gasteiger partial charge is 0.365 e. The van der Waals surface area contributed by atoms with E-state index in [1.807, 2.05) is 49.7 Å². The van der Waals surface area contributed by atoms with Gasteiger partial charge in [-0.25, -0.2) is 4.68 Å². The van der Waals surface area contributed by atoms with E-state index in [2.05, 4.69) is 20.5 Å². The van der Waals surface area contributed by atoms with E-state index in [1.165, 1.54) is 0 Å². The van der Waals surface area contributed by atoms with E-state index in [9.17, 15) is 0 Å². The molecular weight excluding hydrogens is 342 g/mol. The lowest BCUT2D eigenvalue weighted by Gasteiger charge is -2.24. The van der Waals surface area contributed by atoms with Crippen molar-refractivity contribution in [3.63, 3.8) is 0 Å². The fourth-order valence-corrected chi connectivity index (χ4v) is 2.81. The highest BCUT2D eigenvalue weighted by Gasteiger charge is 2.29. The molecule has 0 amide bonds. The predicted octanol–water partition coefficient (Wildman–Crippen LogP) is 3.55. The summed E-state index contributed by atoms with van der Waals surface area (Å²) in [5.74, 6) is 1.01. The predicted molar refractivity (Wildman–Crippen MR) is 91.0 cm³/mol. The molecule has 7 nitrogen and oxygen atoms in total. The first-order valence-corrected chi connectivity index (χ1v) is 8.43. The van der Waals surface area contributed by atoms with Crippen LogP contribution in [0.5, 0.6) is 0 Å². The van der Waals surface area contributed by atoms with Gasteiger partial charge in [-0.1, -0.05) is 54.9 Å². The molecule has 0 aliphatic carbocycles. The van der Waals surface area contributed by atoms with Crippen LogP contribution in [0.3, 0.4) is 0 Å². The van der Waals surface area contributed by atoms with Gasteiger partial charge in [0.2, 0.25) is 0 Å². The lowest BCUT2D eigenvalue weighted by atomic mass is 9.96. The molecule has 8 heteroatoms. The van der Waals surface area contributed by atoms with E-state index in [4.69, 9.17) is 20.9 Å². The highest BCUT2D eigenvalue weighted by Crippen LogP contribution is 2.31. The number of ether oxygens (including phenoxy) is 1. The summed E-state index contributed by atoms with van der Waals surface area (Å²) in [7, 11) is 0. The molecule has 3 aromatic rings. The van der Waals surface area contributed by atoms with Crippen LogP contribution in [0.1, 0.15) is 44.0 Å². The Morgan fingerprint density at radius 1 is 1.20 bits per heavy atom. The molecule has 0 N–H and O–H groups in total. The summed E-state index contributed by atoms with van der Waals surface area (Å²) in [5, 5.41) is 13.2.